The highest BCUT2D eigenvalue weighted by molar-refractivity contribution is 6.23. The number of rotatable bonds is 2. The fourth-order valence-corrected chi connectivity index (χ4v) is 3.48. The summed E-state index contributed by atoms with van der Waals surface area (Å²) in [4.78, 5) is 8.99. The van der Waals surface area contributed by atoms with Gasteiger partial charge in [0.25, 0.3) is 0 Å². The van der Waals surface area contributed by atoms with E-state index in [1.165, 1.54) is 51.4 Å². The van der Waals surface area contributed by atoms with Crippen LogP contribution in [0.2, 0.25) is 0 Å². The van der Waals surface area contributed by atoms with Crippen molar-refractivity contribution < 1.29 is 0 Å². The summed E-state index contributed by atoms with van der Waals surface area (Å²) < 4.78 is 0. The molecule has 0 bridgehead atoms. The lowest BCUT2D eigenvalue weighted by atomic mass is 9.87. The summed E-state index contributed by atoms with van der Waals surface area (Å²) in [7, 11) is 0. The Kier molecular flexibility index (Phi) is 4.21. The Bertz CT molecular complexity index is 408. The van der Waals surface area contributed by atoms with Crippen LogP contribution in [-0.2, 0) is 0 Å². The topological polar surface area (TPSA) is 36.8 Å². The molecule has 0 spiro atoms. The Morgan fingerprint density at radius 1 is 1.00 bits per heavy atom. The van der Waals surface area contributed by atoms with Crippen molar-refractivity contribution >= 4 is 23.3 Å². The Morgan fingerprint density at radius 3 is 2.53 bits per heavy atom. The number of alkyl halides is 1. The van der Waals surface area contributed by atoms with Crippen molar-refractivity contribution in [2.24, 2.45) is 21.8 Å². The predicted molar refractivity (Wildman–Crippen MR) is 80.7 cm³/mol. The molecule has 1 N–H and O–H groups in total. The summed E-state index contributed by atoms with van der Waals surface area (Å²) in [5.41, 5.74) is -0.427. The third-order valence-corrected chi connectivity index (χ3v) is 4.54. The molecule has 0 amide bonds. The van der Waals surface area contributed by atoms with E-state index in [1.807, 2.05) is 0 Å². The van der Waals surface area contributed by atoms with Gasteiger partial charge in [-0.25, -0.2) is 9.98 Å². The van der Waals surface area contributed by atoms with Gasteiger partial charge in [0.1, 0.15) is 11.7 Å². The second-order valence-corrected chi connectivity index (χ2v) is 6.16. The van der Waals surface area contributed by atoms with Gasteiger partial charge in [-0.3, -0.25) is 0 Å². The maximum absolute atomic E-state index is 6.21. The van der Waals surface area contributed by atoms with Crippen LogP contribution in [0.15, 0.2) is 22.1 Å². The van der Waals surface area contributed by atoms with Crippen LogP contribution in [0, 0.1) is 11.8 Å². The van der Waals surface area contributed by atoms with E-state index < -0.39 is 5.62 Å². The molecule has 2 atom stereocenters. The third-order valence-electron chi connectivity index (χ3n) is 4.34. The predicted octanol–water partition coefficient (Wildman–Crippen LogP) is 3.85. The molecule has 1 aliphatic heterocycles. The second kappa shape index (κ2) is 6.08. The van der Waals surface area contributed by atoms with E-state index >= 15 is 0 Å². The summed E-state index contributed by atoms with van der Waals surface area (Å²) >= 11 is 6.21. The molecule has 2 aliphatic carbocycles. The van der Waals surface area contributed by atoms with Crippen molar-refractivity contribution in [2.45, 2.75) is 57.0 Å². The molecule has 0 radical (unpaired) electrons. The number of nitrogens with zero attached hydrogens (tertiary/aromatic N) is 2. The van der Waals surface area contributed by atoms with E-state index in [4.69, 9.17) is 11.6 Å². The highest BCUT2D eigenvalue weighted by Gasteiger charge is 2.27. The first-order valence-corrected chi connectivity index (χ1v) is 8.00. The number of aliphatic imine (C=N–C) groups is 2. The Labute approximate surface area is 120 Å². The molecular weight excluding hydrogens is 258 g/mol. The van der Waals surface area contributed by atoms with E-state index in [9.17, 15) is 0 Å². The van der Waals surface area contributed by atoms with Crippen molar-refractivity contribution in [3.05, 3.63) is 12.2 Å². The van der Waals surface area contributed by atoms with Crippen LogP contribution in [0.4, 0.5) is 0 Å². The van der Waals surface area contributed by atoms with E-state index in [1.54, 1.807) is 0 Å². The lowest BCUT2D eigenvalue weighted by molar-refractivity contribution is 0.432. The quantitative estimate of drug-likeness (QED) is 0.465. The molecule has 4 heteroatoms. The first kappa shape index (κ1) is 13.2. The Morgan fingerprint density at radius 2 is 1.79 bits per heavy atom. The van der Waals surface area contributed by atoms with E-state index in [-0.39, 0.29) is 0 Å². The number of amidine groups is 2. The monoisotopic (exact) mass is 279 g/mol. The number of allylic oxidation sites excluding steroid dienone is 1. The molecule has 0 aromatic heterocycles. The van der Waals surface area contributed by atoms with Gasteiger partial charge in [-0.05, 0) is 32.1 Å². The van der Waals surface area contributed by atoms with Crippen LogP contribution >= 0.6 is 11.6 Å². The van der Waals surface area contributed by atoms with Gasteiger partial charge in [0.05, 0.1) is 0 Å². The number of halogens is 1. The normalized spacial score (nSPS) is 32.5. The van der Waals surface area contributed by atoms with Crippen LogP contribution in [0.3, 0.4) is 0 Å². The second-order valence-electron chi connectivity index (χ2n) is 5.76. The minimum atomic E-state index is -0.427. The minimum absolute atomic E-state index is 0.407. The van der Waals surface area contributed by atoms with Gasteiger partial charge in [0.15, 0.2) is 0 Å². The van der Waals surface area contributed by atoms with Gasteiger partial charge >= 0.3 is 0 Å². The third kappa shape index (κ3) is 3.19. The number of nitrogens with one attached hydrogen (secondary N) is 1. The highest BCUT2D eigenvalue weighted by Crippen LogP contribution is 2.27. The van der Waals surface area contributed by atoms with Gasteiger partial charge in [0.2, 0.25) is 5.62 Å². The van der Waals surface area contributed by atoms with E-state index in [0.29, 0.717) is 11.8 Å². The molecule has 104 valence electrons. The minimum Gasteiger partial charge on any atom is -0.332 e. The molecule has 0 aromatic rings. The maximum atomic E-state index is 6.21. The number of hydrogen-bond acceptors (Lipinski definition) is 3. The standard InChI is InChI=1S/C15H22ClN3/c16-15-18-13(11-7-3-1-4-8-11)17-14(19-15)12-9-5-2-6-10-12/h3,7,11-12,15H,1-2,4-6,8-10H2,(H,17,18,19). The van der Waals surface area contributed by atoms with Gasteiger partial charge < -0.3 is 5.32 Å². The maximum Gasteiger partial charge on any atom is 0.218 e. The molecular formula is C15H22ClN3. The number of hydrogen-bond donors (Lipinski definition) is 1. The van der Waals surface area contributed by atoms with E-state index in [2.05, 4.69) is 27.5 Å². The average Bonchev–Trinajstić information content (AvgIpc) is 2.48. The van der Waals surface area contributed by atoms with Crippen LogP contribution < -0.4 is 5.32 Å². The molecule has 3 rings (SSSR count). The first-order valence-electron chi connectivity index (χ1n) is 7.56. The first-order chi connectivity index (χ1) is 9.33. The fraction of sp³-hybridized carbons (Fsp3) is 0.733. The molecule has 2 unspecified atom stereocenters. The zero-order chi connectivity index (χ0) is 13.1. The SMILES string of the molecule is ClC1N=C(C2C=CCCC2)NC(C2CCCCC2)=N1. The van der Waals surface area contributed by atoms with Crippen molar-refractivity contribution in [2.75, 3.05) is 0 Å². The summed E-state index contributed by atoms with van der Waals surface area (Å²) in [6, 6.07) is 0. The smallest absolute Gasteiger partial charge is 0.218 e. The molecule has 1 saturated carbocycles. The van der Waals surface area contributed by atoms with Crippen molar-refractivity contribution in [1.29, 1.82) is 0 Å². The highest BCUT2D eigenvalue weighted by atomic mass is 35.5. The summed E-state index contributed by atoms with van der Waals surface area (Å²) in [5, 5.41) is 3.49. The van der Waals surface area contributed by atoms with Crippen LogP contribution in [0.1, 0.15) is 51.4 Å². The summed E-state index contributed by atoms with van der Waals surface area (Å²) in [6.45, 7) is 0. The molecule has 3 nitrogen and oxygen atoms in total. The molecule has 19 heavy (non-hydrogen) atoms. The summed E-state index contributed by atoms with van der Waals surface area (Å²) in [6.07, 6.45) is 14.6. The lowest BCUT2D eigenvalue weighted by Crippen LogP contribution is -2.43. The summed E-state index contributed by atoms with van der Waals surface area (Å²) in [5.74, 6) is 3.09. The Balaban J connectivity index is 1.70. The van der Waals surface area contributed by atoms with E-state index in [0.717, 1.165) is 11.7 Å². The van der Waals surface area contributed by atoms with Gasteiger partial charge in [-0.15, -0.1) is 0 Å². The van der Waals surface area contributed by atoms with Gasteiger partial charge in [-0.1, -0.05) is 43.0 Å². The van der Waals surface area contributed by atoms with Crippen molar-refractivity contribution in [3.63, 3.8) is 0 Å². The fourth-order valence-electron chi connectivity index (χ4n) is 3.27. The van der Waals surface area contributed by atoms with Crippen molar-refractivity contribution in [1.82, 2.24) is 5.32 Å². The van der Waals surface area contributed by atoms with Crippen LogP contribution in [-0.4, -0.2) is 17.3 Å². The molecule has 0 saturated heterocycles. The lowest BCUT2D eigenvalue weighted by Gasteiger charge is -2.30. The molecule has 3 aliphatic rings. The molecule has 0 aromatic carbocycles. The van der Waals surface area contributed by atoms with Crippen LogP contribution in [0.5, 0.6) is 0 Å². The van der Waals surface area contributed by atoms with Gasteiger partial charge in [0, 0.05) is 11.8 Å². The zero-order valence-corrected chi connectivity index (χ0v) is 12.1. The molecule has 1 fully saturated rings. The van der Waals surface area contributed by atoms with Gasteiger partial charge in [-0.2, -0.15) is 0 Å². The largest absolute Gasteiger partial charge is 0.332 e. The van der Waals surface area contributed by atoms with Crippen LogP contribution in [0.25, 0.3) is 0 Å². The Hall–Kier alpha value is -0.830. The average molecular weight is 280 g/mol. The molecule has 1 heterocycles. The zero-order valence-electron chi connectivity index (χ0n) is 11.3. The van der Waals surface area contributed by atoms with Crippen molar-refractivity contribution in [3.8, 4) is 0 Å².